The Morgan fingerprint density at radius 1 is 1.45 bits per heavy atom. The standard InChI is InChI=1S/C11H16F3N5O/c1-6-5-19(3-2-7(6)20)9-4-8(18-15)16-10(17-9)11(12,13)14/h4,6-7,20H,2-3,5,15H2,1H3,(H,16,17,18). The number of aromatic nitrogens is 2. The lowest BCUT2D eigenvalue weighted by atomic mass is 9.97. The van der Waals surface area contributed by atoms with E-state index in [2.05, 4.69) is 15.4 Å². The van der Waals surface area contributed by atoms with Gasteiger partial charge in [-0.15, -0.1) is 0 Å². The van der Waals surface area contributed by atoms with Crippen LogP contribution in [0.3, 0.4) is 0 Å². The van der Waals surface area contributed by atoms with E-state index in [0.29, 0.717) is 19.5 Å². The molecule has 0 aliphatic carbocycles. The van der Waals surface area contributed by atoms with Gasteiger partial charge in [0.15, 0.2) is 0 Å². The van der Waals surface area contributed by atoms with Crippen LogP contribution in [0.1, 0.15) is 19.2 Å². The summed E-state index contributed by atoms with van der Waals surface area (Å²) < 4.78 is 38.2. The number of aliphatic hydroxyl groups is 1. The zero-order chi connectivity index (χ0) is 14.9. The van der Waals surface area contributed by atoms with Crippen LogP contribution in [0.5, 0.6) is 0 Å². The number of rotatable bonds is 2. The number of nitrogen functional groups attached to an aromatic ring is 1. The molecule has 2 heterocycles. The Balaban J connectivity index is 2.31. The summed E-state index contributed by atoms with van der Waals surface area (Å²) in [6.45, 7) is 2.70. The van der Waals surface area contributed by atoms with E-state index in [1.54, 1.807) is 4.90 Å². The third-order valence-corrected chi connectivity index (χ3v) is 3.30. The molecule has 2 rings (SSSR count). The van der Waals surface area contributed by atoms with Gasteiger partial charge >= 0.3 is 6.18 Å². The van der Waals surface area contributed by atoms with Gasteiger partial charge in [-0.3, -0.25) is 0 Å². The molecule has 1 aliphatic heterocycles. The summed E-state index contributed by atoms with van der Waals surface area (Å²) in [6.07, 6.45) is -4.59. The van der Waals surface area contributed by atoms with Gasteiger partial charge < -0.3 is 15.4 Å². The normalized spacial score (nSPS) is 23.8. The lowest BCUT2D eigenvalue weighted by molar-refractivity contribution is -0.144. The quantitative estimate of drug-likeness (QED) is 0.556. The maximum Gasteiger partial charge on any atom is 0.451 e. The topological polar surface area (TPSA) is 87.3 Å². The van der Waals surface area contributed by atoms with Crippen molar-refractivity contribution in [2.75, 3.05) is 23.4 Å². The first-order chi connectivity index (χ1) is 9.31. The second kappa shape index (κ2) is 5.41. The van der Waals surface area contributed by atoms with Crippen LogP contribution in [0.15, 0.2) is 6.07 Å². The highest BCUT2D eigenvalue weighted by Crippen LogP contribution is 2.30. The predicted molar refractivity (Wildman–Crippen MR) is 66.8 cm³/mol. The molecule has 1 aliphatic rings. The summed E-state index contributed by atoms with van der Waals surface area (Å²) in [5.41, 5.74) is 2.11. The Morgan fingerprint density at radius 3 is 2.70 bits per heavy atom. The van der Waals surface area contributed by atoms with Gasteiger partial charge in [-0.25, -0.2) is 15.8 Å². The minimum Gasteiger partial charge on any atom is -0.393 e. The number of hydrogen-bond donors (Lipinski definition) is 3. The van der Waals surface area contributed by atoms with Gasteiger partial charge in [-0.1, -0.05) is 6.92 Å². The zero-order valence-corrected chi connectivity index (χ0v) is 10.9. The molecule has 0 amide bonds. The summed E-state index contributed by atoms with van der Waals surface area (Å²) in [4.78, 5) is 8.54. The van der Waals surface area contributed by atoms with Crippen LogP contribution in [-0.2, 0) is 6.18 Å². The molecular weight excluding hydrogens is 275 g/mol. The molecule has 2 unspecified atom stereocenters. The van der Waals surface area contributed by atoms with Crippen molar-refractivity contribution >= 4 is 11.6 Å². The monoisotopic (exact) mass is 291 g/mol. The van der Waals surface area contributed by atoms with Crippen LogP contribution in [0.4, 0.5) is 24.8 Å². The fourth-order valence-electron chi connectivity index (χ4n) is 2.14. The van der Waals surface area contributed by atoms with Crippen molar-refractivity contribution in [3.05, 3.63) is 11.9 Å². The van der Waals surface area contributed by atoms with E-state index >= 15 is 0 Å². The Labute approximate surface area is 113 Å². The van der Waals surface area contributed by atoms with Gasteiger partial charge in [0.25, 0.3) is 0 Å². The lowest BCUT2D eigenvalue weighted by Crippen LogP contribution is -2.42. The van der Waals surface area contributed by atoms with E-state index < -0.39 is 18.1 Å². The van der Waals surface area contributed by atoms with Crippen LogP contribution in [-0.4, -0.2) is 34.3 Å². The van der Waals surface area contributed by atoms with Crippen LogP contribution in [0.25, 0.3) is 0 Å². The van der Waals surface area contributed by atoms with Crippen molar-refractivity contribution in [1.82, 2.24) is 9.97 Å². The van der Waals surface area contributed by atoms with Gasteiger partial charge in [0, 0.05) is 19.2 Å². The number of anilines is 2. The average molecular weight is 291 g/mol. The van der Waals surface area contributed by atoms with Crippen molar-refractivity contribution in [3.8, 4) is 0 Å². The molecule has 0 radical (unpaired) electrons. The molecule has 2 atom stereocenters. The number of aliphatic hydroxyl groups excluding tert-OH is 1. The molecule has 112 valence electrons. The average Bonchev–Trinajstić information content (AvgIpc) is 2.40. The third kappa shape index (κ3) is 3.10. The predicted octanol–water partition coefficient (Wildman–Crippen LogP) is 0.988. The van der Waals surface area contributed by atoms with Crippen molar-refractivity contribution in [2.45, 2.75) is 25.6 Å². The number of halogens is 3. The number of nitrogens with zero attached hydrogens (tertiary/aromatic N) is 3. The molecule has 20 heavy (non-hydrogen) atoms. The zero-order valence-electron chi connectivity index (χ0n) is 10.9. The number of hydrogen-bond acceptors (Lipinski definition) is 6. The highest BCUT2D eigenvalue weighted by atomic mass is 19.4. The first kappa shape index (κ1) is 14.8. The molecule has 1 aromatic rings. The number of piperidine rings is 1. The van der Waals surface area contributed by atoms with Gasteiger partial charge in [-0.05, 0) is 12.3 Å². The van der Waals surface area contributed by atoms with Crippen molar-refractivity contribution in [1.29, 1.82) is 0 Å². The van der Waals surface area contributed by atoms with Gasteiger partial charge in [0.1, 0.15) is 11.6 Å². The molecule has 4 N–H and O–H groups in total. The molecule has 9 heteroatoms. The van der Waals surface area contributed by atoms with E-state index in [1.807, 2.05) is 6.92 Å². The molecular formula is C11H16F3N5O. The summed E-state index contributed by atoms with van der Waals surface area (Å²) in [7, 11) is 0. The molecule has 1 aromatic heterocycles. The Kier molecular flexibility index (Phi) is 4.00. The van der Waals surface area contributed by atoms with Crippen molar-refractivity contribution in [3.63, 3.8) is 0 Å². The van der Waals surface area contributed by atoms with Crippen molar-refractivity contribution in [2.24, 2.45) is 11.8 Å². The van der Waals surface area contributed by atoms with Gasteiger partial charge in [0.2, 0.25) is 5.82 Å². The Morgan fingerprint density at radius 2 is 2.15 bits per heavy atom. The maximum atomic E-state index is 12.7. The molecule has 6 nitrogen and oxygen atoms in total. The minimum atomic E-state index is -4.64. The molecule has 0 saturated carbocycles. The third-order valence-electron chi connectivity index (χ3n) is 3.30. The molecule has 1 fully saturated rings. The fourth-order valence-corrected chi connectivity index (χ4v) is 2.14. The highest BCUT2D eigenvalue weighted by Gasteiger charge is 2.36. The maximum absolute atomic E-state index is 12.7. The summed E-state index contributed by atoms with van der Waals surface area (Å²) in [5.74, 6) is 3.93. The largest absolute Gasteiger partial charge is 0.451 e. The minimum absolute atomic E-state index is 0.0395. The summed E-state index contributed by atoms with van der Waals surface area (Å²) >= 11 is 0. The number of nitrogens with two attached hydrogens (primary N) is 1. The first-order valence-corrected chi connectivity index (χ1v) is 6.17. The van der Waals surface area contributed by atoms with Crippen LogP contribution in [0.2, 0.25) is 0 Å². The van der Waals surface area contributed by atoms with E-state index in [4.69, 9.17) is 5.84 Å². The summed E-state index contributed by atoms with van der Waals surface area (Å²) in [6, 6.07) is 1.36. The fraction of sp³-hybridized carbons (Fsp3) is 0.636. The van der Waals surface area contributed by atoms with E-state index in [9.17, 15) is 18.3 Å². The van der Waals surface area contributed by atoms with E-state index in [1.165, 1.54) is 6.07 Å². The molecule has 0 aromatic carbocycles. The smallest absolute Gasteiger partial charge is 0.393 e. The van der Waals surface area contributed by atoms with Crippen molar-refractivity contribution < 1.29 is 18.3 Å². The molecule has 0 spiro atoms. The molecule has 0 bridgehead atoms. The Hall–Kier alpha value is -1.61. The number of nitrogens with one attached hydrogen (secondary N) is 1. The van der Waals surface area contributed by atoms with Gasteiger partial charge in [-0.2, -0.15) is 13.2 Å². The second-order valence-electron chi connectivity index (χ2n) is 4.86. The number of alkyl halides is 3. The van der Waals surface area contributed by atoms with Crippen LogP contribution >= 0.6 is 0 Å². The van der Waals surface area contributed by atoms with Gasteiger partial charge in [0.05, 0.1) is 6.10 Å². The first-order valence-electron chi connectivity index (χ1n) is 6.17. The second-order valence-corrected chi connectivity index (χ2v) is 4.86. The number of hydrazine groups is 1. The molecule has 1 saturated heterocycles. The SMILES string of the molecule is CC1CN(c2cc(NN)nc(C(F)(F)F)n2)CCC1O. The van der Waals surface area contributed by atoms with E-state index in [-0.39, 0.29) is 17.6 Å². The Bertz CT molecular complexity index is 482. The highest BCUT2D eigenvalue weighted by molar-refractivity contribution is 5.49. The van der Waals surface area contributed by atoms with E-state index in [0.717, 1.165) is 0 Å². The van der Waals surface area contributed by atoms with Crippen LogP contribution in [0, 0.1) is 5.92 Å². The summed E-state index contributed by atoms with van der Waals surface area (Å²) in [5, 5.41) is 9.66. The lowest BCUT2D eigenvalue weighted by Gasteiger charge is -2.35. The van der Waals surface area contributed by atoms with Crippen LogP contribution < -0.4 is 16.2 Å².